The van der Waals surface area contributed by atoms with Gasteiger partial charge < -0.3 is 9.47 Å². The summed E-state index contributed by atoms with van der Waals surface area (Å²) in [5.41, 5.74) is 0. The van der Waals surface area contributed by atoms with Crippen molar-refractivity contribution in [1.29, 1.82) is 0 Å². The molecule has 0 aromatic rings. The van der Waals surface area contributed by atoms with Crippen molar-refractivity contribution in [2.24, 2.45) is 5.92 Å². The van der Waals surface area contributed by atoms with E-state index in [-0.39, 0.29) is 6.29 Å². The molecule has 2 heteroatoms. The Morgan fingerprint density at radius 3 is 3.00 bits per heavy atom. The molecule has 1 aliphatic rings. The molecule has 1 rings (SSSR count). The van der Waals surface area contributed by atoms with Gasteiger partial charge in [-0.3, -0.25) is 0 Å². The normalized spacial score (nSPS) is 23.3. The Labute approximate surface area is 93.3 Å². The van der Waals surface area contributed by atoms with Gasteiger partial charge in [-0.2, -0.15) is 0 Å². The van der Waals surface area contributed by atoms with Gasteiger partial charge in [-0.1, -0.05) is 6.92 Å². The molecule has 2 atom stereocenters. The molecule has 15 heavy (non-hydrogen) atoms. The lowest BCUT2D eigenvalue weighted by Gasteiger charge is -2.22. The highest BCUT2D eigenvalue weighted by Crippen LogP contribution is 2.15. The second-order valence-corrected chi connectivity index (χ2v) is 4.08. The summed E-state index contributed by atoms with van der Waals surface area (Å²) in [7, 11) is 0. The van der Waals surface area contributed by atoms with Gasteiger partial charge in [0.2, 0.25) is 0 Å². The van der Waals surface area contributed by atoms with Crippen molar-refractivity contribution in [2.75, 3.05) is 13.2 Å². The summed E-state index contributed by atoms with van der Waals surface area (Å²) in [6.45, 7) is 3.77. The molecule has 0 spiro atoms. The van der Waals surface area contributed by atoms with E-state index < -0.39 is 0 Å². The van der Waals surface area contributed by atoms with Gasteiger partial charge in [-0.15, -0.1) is 12.3 Å². The topological polar surface area (TPSA) is 18.5 Å². The molecule has 1 aliphatic heterocycles. The number of hydrogen-bond acceptors (Lipinski definition) is 2. The summed E-state index contributed by atoms with van der Waals surface area (Å²) in [5.74, 6) is 3.22. The van der Waals surface area contributed by atoms with E-state index in [1.54, 1.807) is 0 Å². The maximum atomic E-state index is 5.63. The smallest absolute Gasteiger partial charge is 0.157 e. The summed E-state index contributed by atoms with van der Waals surface area (Å²) in [6.07, 6.45) is 12.1. The van der Waals surface area contributed by atoms with Crippen LogP contribution in [0, 0.1) is 18.3 Å². The minimum absolute atomic E-state index is 0.0460. The fraction of sp³-hybridized carbons (Fsp3) is 0.846. The van der Waals surface area contributed by atoms with Crippen LogP contribution in [0.5, 0.6) is 0 Å². The van der Waals surface area contributed by atoms with Gasteiger partial charge in [-0.05, 0) is 38.5 Å². The molecule has 0 N–H and O–H groups in total. The van der Waals surface area contributed by atoms with E-state index >= 15 is 0 Å². The second kappa shape index (κ2) is 7.73. The fourth-order valence-electron chi connectivity index (χ4n) is 1.79. The van der Waals surface area contributed by atoms with Crippen LogP contribution in [0.3, 0.4) is 0 Å². The minimum atomic E-state index is 0.0460. The van der Waals surface area contributed by atoms with Crippen molar-refractivity contribution in [3.63, 3.8) is 0 Å². The zero-order valence-corrected chi connectivity index (χ0v) is 9.71. The third-order valence-electron chi connectivity index (χ3n) is 2.87. The Balaban J connectivity index is 1.98. The van der Waals surface area contributed by atoms with Crippen LogP contribution >= 0.6 is 0 Å². The quantitative estimate of drug-likeness (QED) is 0.495. The highest BCUT2D eigenvalue weighted by Gasteiger charge is 2.13. The van der Waals surface area contributed by atoms with Gasteiger partial charge in [0.15, 0.2) is 6.29 Å². The largest absolute Gasteiger partial charge is 0.353 e. The van der Waals surface area contributed by atoms with Crippen molar-refractivity contribution in [1.82, 2.24) is 0 Å². The molecule has 0 aromatic heterocycles. The highest BCUT2D eigenvalue weighted by molar-refractivity contribution is 4.91. The van der Waals surface area contributed by atoms with Crippen molar-refractivity contribution < 1.29 is 9.47 Å². The molecule has 0 saturated carbocycles. The molecule has 2 unspecified atom stereocenters. The van der Waals surface area contributed by atoms with Gasteiger partial charge in [0.25, 0.3) is 0 Å². The summed E-state index contributed by atoms with van der Waals surface area (Å²) in [6, 6.07) is 0. The monoisotopic (exact) mass is 210 g/mol. The number of rotatable bonds is 6. The van der Waals surface area contributed by atoms with Crippen LogP contribution in [-0.4, -0.2) is 19.5 Å². The zero-order chi connectivity index (χ0) is 10.9. The van der Waals surface area contributed by atoms with Crippen LogP contribution < -0.4 is 0 Å². The van der Waals surface area contributed by atoms with Crippen LogP contribution in [0.25, 0.3) is 0 Å². The SMILES string of the molecule is C#CC(CC)CCCOC1CCCCO1. The number of hydrogen-bond donors (Lipinski definition) is 0. The van der Waals surface area contributed by atoms with Crippen molar-refractivity contribution in [2.45, 2.75) is 51.7 Å². The van der Waals surface area contributed by atoms with E-state index in [9.17, 15) is 0 Å². The Morgan fingerprint density at radius 1 is 1.53 bits per heavy atom. The van der Waals surface area contributed by atoms with E-state index in [1.165, 1.54) is 12.8 Å². The third-order valence-corrected chi connectivity index (χ3v) is 2.87. The fourth-order valence-corrected chi connectivity index (χ4v) is 1.79. The molecule has 2 nitrogen and oxygen atoms in total. The van der Waals surface area contributed by atoms with Crippen LogP contribution in [0.2, 0.25) is 0 Å². The maximum Gasteiger partial charge on any atom is 0.157 e. The molecule has 0 aliphatic carbocycles. The van der Waals surface area contributed by atoms with Gasteiger partial charge in [-0.25, -0.2) is 0 Å². The summed E-state index contributed by atoms with van der Waals surface area (Å²) in [4.78, 5) is 0. The Bertz CT molecular complexity index is 189. The standard InChI is InChI=1S/C13H22O2/c1-3-12(4-2)8-7-11-15-13-9-5-6-10-14-13/h1,12-13H,4-11H2,2H3. The number of terminal acetylenes is 1. The van der Waals surface area contributed by atoms with E-state index in [4.69, 9.17) is 15.9 Å². The Kier molecular flexibility index (Phi) is 6.47. The molecule has 0 radical (unpaired) electrons. The first kappa shape index (κ1) is 12.5. The van der Waals surface area contributed by atoms with Gasteiger partial charge in [0.05, 0.1) is 0 Å². The Morgan fingerprint density at radius 2 is 2.40 bits per heavy atom. The summed E-state index contributed by atoms with van der Waals surface area (Å²) < 4.78 is 11.1. The van der Waals surface area contributed by atoms with Crippen LogP contribution in [0.4, 0.5) is 0 Å². The lowest BCUT2D eigenvalue weighted by molar-refractivity contribution is -0.163. The first-order valence-electron chi connectivity index (χ1n) is 6.06. The maximum absolute atomic E-state index is 5.63. The molecular weight excluding hydrogens is 188 g/mol. The van der Waals surface area contributed by atoms with E-state index in [0.29, 0.717) is 5.92 Å². The van der Waals surface area contributed by atoms with Crippen LogP contribution in [0.15, 0.2) is 0 Å². The van der Waals surface area contributed by atoms with Crippen molar-refractivity contribution in [3.8, 4) is 12.3 Å². The Hall–Kier alpha value is -0.520. The number of ether oxygens (including phenoxy) is 2. The average molecular weight is 210 g/mol. The summed E-state index contributed by atoms with van der Waals surface area (Å²) in [5, 5.41) is 0. The van der Waals surface area contributed by atoms with Gasteiger partial charge in [0.1, 0.15) is 0 Å². The molecule has 1 fully saturated rings. The zero-order valence-electron chi connectivity index (χ0n) is 9.71. The third kappa shape index (κ3) is 5.20. The molecular formula is C13H22O2. The predicted molar refractivity (Wildman–Crippen MR) is 61.4 cm³/mol. The van der Waals surface area contributed by atoms with Gasteiger partial charge >= 0.3 is 0 Å². The van der Waals surface area contributed by atoms with E-state index in [1.807, 2.05) is 0 Å². The first-order chi connectivity index (χ1) is 7.36. The van der Waals surface area contributed by atoms with Crippen molar-refractivity contribution >= 4 is 0 Å². The lowest BCUT2D eigenvalue weighted by atomic mass is 10.0. The predicted octanol–water partition coefficient (Wildman–Crippen LogP) is 2.97. The second-order valence-electron chi connectivity index (χ2n) is 4.08. The van der Waals surface area contributed by atoms with Crippen LogP contribution in [0.1, 0.15) is 45.4 Å². The molecule has 1 saturated heterocycles. The van der Waals surface area contributed by atoms with Gasteiger partial charge in [0, 0.05) is 19.1 Å². The summed E-state index contributed by atoms with van der Waals surface area (Å²) >= 11 is 0. The molecule has 0 aromatic carbocycles. The molecule has 0 bridgehead atoms. The van der Waals surface area contributed by atoms with E-state index in [2.05, 4.69) is 12.8 Å². The average Bonchev–Trinajstić information content (AvgIpc) is 2.31. The van der Waals surface area contributed by atoms with Crippen LogP contribution in [-0.2, 0) is 9.47 Å². The van der Waals surface area contributed by atoms with E-state index in [0.717, 1.165) is 38.9 Å². The lowest BCUT2D eigenvalue weighted by Crippen LogP contribution is -2.22. The minimum Gasteiger partial charge on any atom is -0.353 e. The molecule has 0 amide bonds. The first-order valence-corrected chi connectivity index (χ1v) is 6.06. The highest BCUT2D eigenvalue weighted by atomic mass is 16.7. The van der Waals surface area contributed by atoms with Crippen molar-refractivity contribution in [3.05, 3.63) is 0 Å². The molecule has 86 valence electrons. The molecule has 1 heterocycles.